The molecule has 1 rings (SSSR count). The smallest absolute Gasteiger partial charge is 0.220 e. The van der Waals surface area contributed by atoms with Crippen molar-refractivity contribution in [3.8, 4) is 11.6 Å². The fourth-order valence-corrected chi connectivity index (χ4v) is 1.31. The van der Waals surface area contributed by atoms with Gasteiger partial charge in [0.2, 0.25) is 5.88 Å². The highest BCUT2D eigenvalue weighted by molar-refractivity contribution is 5.40. The van der Waals surface area contributed by atoms with Crippen molar-refractivity contribution in [3.63, 3.8) is 0 Å². The monoisotopic (exact) mass is 197 g/mol. The van der Waals surface area contributed by atoms with Crippen molar-refractivity contribution in [1.29, 1.82) is 0 Å². The third-order valence-electron chi connectivity index (χ3n) is 1.89. The predicted molar refractivity (Wildman–Crippen MR) is 52.7 cm³/mol. The minimum absolute atomic E-state index is 0.443. The first kappa shape index (κ1) is 10.8. The molecule has 0 saturated carbocycles. The quantitative estimate of drug-likeness (QED) is 0.783. The van der Waals surface area contributed by atoms with Gasteiger partial charge in [-0.2, -0.15) is 0 Å². The van der Waals surface area contributed by atoms with Crippen molar-refractivity contribution in [2.75, 3.05) is 14.2 Å². The van der Waals surface area contributed by atoms with E-state index in [1.807, 2.05) is 0 Å². The number of pyridine rings is 1. The number of aromatic nitrogens is 1. The molecule has 1 heterocycles. The molecule has 0 amide bonds. The van der Waals surface area contributed by atoms with E-state index < -0.39 is 6.10 Å². The lowest BCUT2D eigenvalue weighted by atomic mass is 10.1. The van der Waals surface area contributed by atoms with Gasteiger partial charge in [0.1, 0.15) is 5.75 Å². The van der Waals surface area contributed by atoms with Crippen LogP contribution in [0.5, 0.6) is 11.6 Å². The number of rotatable bonds is 4. The summed E-state index contributed by atoms with van der Waals surface area (Å²) in [6.07, 6.45) is 1.64. The van der Waals surface area contributed by atoms with E-state index in [4.69, 9.17) is 9.47 Å². The van der Waals surface area contributed by atoms with E-state index in [2.05, 4.69) is 4.98 Å². The molecule has 78 valence electrons. The van der Waals surface area contributed by atoms with Crippen LogP contribution in [0.3, 0.4) is 0 Å². The Hall–Kier alpha value is -1.29. The zero-order valence-electron chi connectivity index (χ0n) is 8.65. The summed E-state index contributed by atoms with van der Waals surface area (Å²) >= 11 is 0. The Bertz CT molecular complexity index is 277. The summed E-state index contributed by atoms with van der Waals surface area (Å²) in [4.78, 5) is 4.05. The van der Waals surface area contributed by atoms with Crippen LogP contribution >= 0.6 is 0 Å². The first-order chi connectivity index (χ1) is 6.69. The van der Waals surface area contributed by atoms with Crippen molar-refractivity contribution < 1.29 is 14.6 Å². The Morgan fingerprint density at radius 1 is 1.43 bits per heavy atom. The molecule has 0 radical (unpaired) electrons. The largest absolute Gasteiger partial charge is 0.496 e. The highest BCUT2D eigenvalue weighted by atomic mass is 16.5. The maximum absolute atomic E-state index is 9.31. The van der Waals surface area contributed by atoms with Crippen LogP contribution < -0.4 is 9.47 Å². The van der Waals surface area contributed by atoms with Gasteiger partial charge >= 0.3 is 0 Å². The van der Waals surface area contributed by atoms with E-state index in [1.54, 1.807) is 33.4 Å². The molecule has 0 fully saturated rings. The molecule has 0 unspecified atom stereocenters. The Morgan fingerprint density at radius 2 is 2.14 bits per heavy atom. The standard InChI is InChI=1S/C10H15NO3/c1-7(12)6-8-9(13-2)4-5-11-10(8)14-3/h4-5,7,12H,6H2,1-3H3/t7-/m1/s1. The predicted octanol–water partition coefficient (Wildman–Crippen LogP) is 1.02. The lowest BCUT2D eigenvalue weighted by Gasteiger charge is -2.12. The van der Waals surface area contributed by atoms with Crippen LogP contribution in [-0.2, 0) is 6.42 Å². The summed E-state index contributed by atoms with van der Waals surface area (Å²) in [7, 11) is 3.13. The summed E-state index contributed by atoms with van der Waals surface area (Å²) < 4.78 is 10.2. The minimum atomic E-state index is -0.443. The van der Waals surface area contributed by atoms with Crippen molar-refractivity contribution in [1.82, 2.24) is 4.98 Å². The molecular weight excluding hydrogens is 182 g/mol. The molecule has 0 aliphatic carbocycles. The molecule has 0 aromatic carbocycles. The van der Waals surface area contributed by atoms with Crippen LogP contribution in [0.4, 0.5) is 0 Å². The van der Waals surface area contributed by atoms with E-state index in [0.29, 0.717) is 18.1 Å². The third kappa shape index (κ3) is 2.35. The SMILES string of the molecule is COc1ccnc(OC)c1C[C@@H](C)O. The molecular formula is C10H15NO3. The molecule has 0 spiro atoms. The Kier molecular flexibility index (Phi) is 3.71. The van der Waals surface area contributed by atoms with Crippen molar-refractivity contribution >= 4 is 0 Å². The molecule has 4 heteroatoms. The average Bonchev–Trinajstić information content (AvgIpc) is 2.17. The second-order valence-corrected chi connectivity index (χ2v) is 3.05. The van der Waals surface area contributed by atoms with Crippen molar-refractivity contribution in [3.05, 3.63) is 17.8 Å². The van der Waals surface area contributed by atoms with E-state index in [1.165, 1.54) is 0 Å². The number of methoxy groups -OCH3 is 2. The van der Waals surface area contributed by atoms with Crippen molar-refractivity contribution in [2.45, 2.75) is 19.4 Å². The van der Waals surface area contributed by atoms with E-state index in [-0.39, 0.29) is 0 Å². The summed E-state index contributed by atoms with van der Waals surface area (Å²) in [5.74, 6) is 1.20. The normalized spacial score (nSPS) is 12.3. The second kappa shape index (κ2) is 4.81. The fraction of sp³-hybridized carbons (Fsp3) is 0.500. The van der Waals surface area contributed by atoms with Gasteiger partial charge in [0, 0.05) is 12.6 Å². The maximum atomic E-state index is 9.31. The van der Waals surface area contributed by atoms with Gasteiger partial charge in [0.05, 0.1) is 25.9 Å². The highest BCUT2D eigenvalue weighted by Gasteiger charge is 2.12. The Balaban J connectivity index is 3.05. The third-order valence-corrected chi connectivity index (χ3v) is 1.89. The lowest BCUT2D eigenvalue weighted by Crippen LogP contribution is -2.08. The van der Waals surface area contributed by atoms with Crippen LogP contribution in [0, 0.1) is 0 Å². The molecule has 1 N–H and O–H groups in total. The van der Waals surface area contributed by atoms with Gasteiger partial charge in [-0.25, -0.2) is 4.98 Å². The van der Waals surface area contributed by atoms with Crippen LogP contribution in [0.15, 0.2) is 12.3 Å². The van der Waals surface area contributed by atoms with E-state index >= 15 is 0 Å². The zero-order valence-corrected chi connectivity index (χ0v) is 8.65. The summed E-state index contributed by atoms with van der Waals surface area (Å²) in [6, 6.07) is 1.75. The molecule has 1 aromatic heterocycles. The fourth-order valence-electron chi connectivity index (χ4n) is 1.31. The Morgan fingerprint density at radius 3 is 2.64 bits per heavy atom. The van der Waals surface area contributed by atoms with Crippen LogP contribution in [-0.4, -0.2) is 30.4 Å². The molecule has 0 bridgehead atoms. The lowest BCUT2D eigenvalue weighted by molar-refractivity contribution is 0.192. The maximum Gasteiger partial charge on any atom is 0.220 e. The molecule has 0 aliphatic heterocycles. The van der Waals surface area contributed by atoms with Gasteiger partial charge in [0.15, 0.2) is 0 Å². The zero-order chi connectivity index (χ0) is 10.6. The summed E-state index contributed by atoms with van der Waals surface area (Å²) in [6.45, 7) is 1.71. The van der Waals surface area contributed by atoms with Crippen LogP contribution in [0.25, 0.3) is 0 Å². The summed E-state index contributed by atoms with van der Waals surface area (Å²) in [5, 5.41) is 9.31. The number of aliphatic hydroxyl groups is 1. The average molecular weight is 197 g/mol. The molecule has 1 aromatic rings. The highest BCUT2D eigenvalue weighted by Crippen LogP contribution is 2.26. The second-order valence-electron chi connectivity index (χ2n) is 3.05. The first-order valence-electron chi connectivity index (χ1n) is 4.43. The number of aliphatic hydroxyl groups excluding tert-OH is 1. The summed E-state index contributed by atoms with van der Waals surface area (Å²) in [5.41, 5.74) is 0.799. The Labute approximate surface area is 83.5 Å². The van der Waals surface area contributed by atoms with Gasteiger partial charge in [-0.05, 0) is 13.0 Å². The van der Waals surface area contributed by atoms with E-state index in [0.717, 1.165) is 5.56 Å². The van der Waals surface area contributed by atoms with Crippen LogP contribution in [0.2, 0.25) is 0 Å². The molecule has 4 nitrogen and oxygen atoms in total. The van der Waals surface area contributed by atoms with Crippen LogP contribution in [0.1, 0.15) is 12.5 Å². The minimum Gasteiger partial charge on any atom is -0.496 e. The van der Waals surface area contributed by atoms with Gasteiger partial charge in [0.25, 0.3) is 0 Å². The number of nitrogens with zero attached hydrogens (tertiary/aromatic N) is 1. The van der Waals surface area contributed by atoms with Gasteiger partial charge in [-0.3, -0.25) is 0 Å². The molecule has 0 saturated heterocycles. The van der Waals surface area contributed by atoms with E-state index in [9.17, 15) is 5.11 Å². The topological polar surface area (TPSA) is 51.6 Å². The van der Waals surface area contributed by atoms with Gasteiger partial charge < -0.3 is 14.6 Å². The number of ether oxygens (including phenoxy) is 2. The molecule has 1 atom stereocenters. The molecule has 14 heavy (non-hydrogen) atoms. The van der Waals surface area contributed by atoms with Crippen molar-refractivity contribution in [2.24, 2.45) is 0 Å². The number of hydrogen-bond acceptors (Lipinski definition) is 4. The van der Waals surface area contributed by atoms with Gasteiger partial charge in [-0.1, -0.05) is 0 Å². The molecule has 0 aliphatic rings. The van der Waals surface area contributed by atoms with Gasteiger partial charge in [-0.15, -0.1) is 0 Å². The number of hydrogen-bond donors (Lipinski definition) is 1. The first-order valence-corrected chi connectivity index (χ1v) is 4.43.